The van der Waals surface area contributed by atoms with E-state index in [1.165, 1.54) is 14.2 Å². The van der Waals surface area contributed by atoms with Crippen molar-refractivity contribution in [2.24, 2.45) is 0 Å². The Morgan fingerprint density at radius 1 is 0.828 bits per heavy atom. The second-order valence-electron chi connectivity index (χ2n) is 6.09. The van der Waals surface area contributed by atoms with Gasteiger partial charge < -0.3 is 25.4 Å². The lowest BCUT2D eigenvalue weighted by atomic mass is 10.1. The fourth-order valence-corrected chi connectivity index (χ4v) is 2.59. The van der Waals surface area contributed by atoms with Crippen LogP contribution in [0.2, 0.25) is 0 Å². The second kappa shape index (κ2) is 10.7. The van der Waals surface area contributed by atoms with E-state index in [4.69, 9.17) is 9.47 Å². The smallest absolute Gasteiger partial charge is 0.251 e. The number of carbonyl (C=O) groups excluding carboxylic acids is 3. The van der Waals surface area contributed by atoms with Crippen LogP contribution in [0, 0.1) is 0 Å². The number of hydrogen-bond donors (Lipinski definition) is 3. The number of nitrogens with one attached hydrogen (secondary N) is 3. The SMILES string of the molecule is CCNC(=O)c1cccc(CNC(=O)CNC(=O)c2ccc(OC)c(OC)c2)c1. The molecule has 29 heavy (non-hydrogen) atoms. The van der Waals surface area contributed by atoms with Gasteiger partial charge in [-0.15, -0.1) is 0 Å². The highest BCUT2D eigenvalue weighted by Gasteiger charge is 2.12. The average molecular weight is 399 g/mol. The van der Waals surface area contributed by atoms with Crippen LogP contribution in [0.5, 0.6) is 11.5 Å². The highest BCUT2D eigenvalue weighted by atomic mass is 16.5. The molecule has 3 N–H and O–H groups in total. The normalized spacial score (nSPS) is 10.0. The fourth-order valence-electron chi connectivity index (χ4n) is 2.59. The van der Waals surface area contributed by atoms with Crippen molar-refractivity contribution in [2.45, 2.75) is 13.5 Å². The molecule has 0 bridgehead atoms. The van der Waals surface area contributed by atoms with E-state index >= 15 is 0 Å². The first kappa shape index (κ1) is 21.7. The van der Waals surface area contributed by atoms with Gasteiger partial charge in [0.2, 0.25) is 5.91 Å². The van der Waals surface area contributed by atoms with E-state index < -0.39 is 5.91 Å². The maximum Gasteiger partial charge on any atom is 0.251 e. The van der Waals surface area contributed by atoms with Crippen LogP contribution < -0.4 is 25.4 Å². The van der Waals surface area contributed by atoms with Crippen molar-refractivity contribution in [1.82, 2.24) is 16.0 Å². The van der Waals surface area contributed by atoms with Gasteiger partial charge in [0, 0.05) is 24.2 Å². The first-order valence-electron chi connectivity index (χ1n) is 9.12. The summed E-state index contributed by atoms with van der Waals surface area (Å²) < 4.78 is 10.3. The molecule has 2 aromatic carbocycles. The molecule has 154 valence electrons. The Morgan fingerprint density at radius 2 is 1.52 bits per heavy atom. The summed E-state index contributed by atoms with van der Waals surface area (Å²) in [5.41, 5.74) is 1.67. The van der Waals surface area contributed by atoms with Gasteiger partial charge >= 0.3 is 0 Å². The Balaban J connectivity index is 1.86. The summed E-state index contributed by atoms with van der Waals surface area (Å²) in [6.45, 7) is 2.46. The molecule has 0 atom stereocenters. The van der Waals surface area contributed by atoms with E-state index in [1.54, 1.807) is 36.4 Å². The van der Waals surface area contributed by atoms with Crippen molar-refractivity contribution in [2.75, 3.05) is 27.3 Å². The molecule has 2 aromatic rings. The van der Waals surface area contributed by atoms with Crippen molar-refractivity contribution in [1.29, 1.82) is 0 Å². The summed E-state index contributed by atoms with van der Waals surface area (Å²) >= 11 is 0. The third-order valence-electron chi connectivity index (χ3n) is 4.07. The van der Waals surface area contributed by atoms with E-state index in [0.29, 0.717) is 29.2 Å². The van der Waals surface area contributed by atoms with Crippen molar-refractivity contribution in [3.63, 3.8) is 0 Å². The van der Waals surface area contributed by atoms with E-state index in [9.17, 15) is 14.4 Å². The molecular formula is C21H25N3O5. The molecule has 0 saturated heterocycles. The molecule has 0 aliphatic carbocycles. The lowest BCUT2D eigenvalue weighted by molar-refractivity contribution is -0.120. The van der Waals surface area contributed by atoms with Crippen LogP contribution in [-0.2, 0) is 11.3 Å². The highest BCUT2D eigenvalue weighted by molar-refractivity contribution is 5.97. The predicted octanol–water partition coefficient (Wildman–Crippen LogP) is 1.50. The fraction of sp³-hybridized carbons (Fsp3) is 0.286. The van der Waals surface area contributed by atoms with Gasteiger partial charge in [-0.2, -0.15) is 0 Å². The number of rotatable bonds is 9. The van der Waals surface area contributed by atoms with Gasteiger partial charge in [-0.25, -0.2) is 0 Å². The molecule has 2 rings (SSSR count). The largest absolute Gasteiger partial charge is 0.493 e. The molecule has 8 nitrogen and oxygen atoms in total. The first-order chi connectivity index (χ1) is 14.0. The van der Waals surface area contributed by atoms with Gasteiger partial charge in [-0.05, 0) is 42.8 Å². The molecule has 0 fully saturated rings. The summed E-state index contributed by atoms with van der Waals surface area (Å²) in [6.07, 6.45) is 0. The monoisotopic (exact) mass is 399 g/mol. The number of carbonyl (C=O) groups is 3. The van der Waals surface area contributed by atoms with E-state index in [2.05, 4.69) is 16.0 Å². The Labute approximate surface area is 169 Å². The minimum atomic E-state index is -0.403. The molecule has 8 heteroatoms. The second-order valence-corrected chi connectivity index (χ2v) is 6.09. The summed E-state index contributed by atoms with van der Waals surface area (Å²) in [6, 6.07) is 11.7. The Morgan fingerprint density at radius 3 is 2.21 bits per heavy atom. The third kappa shape index (κ3) is 6.24. The summed E-state index contributed by atoms with van der Waals surface area (Å²) in [5, 5.41) is 8.00. The van der Waals surface area contributed by atoms with Crippen LogP contribution in [0.25, 0.3) is 0 Å². The van der Waals surface area contributed by atoms with Crippen LogP contribution in [0.1, 0.15) is 33.2 Å². The molecule has 0 spiro atoms. The summed E-state index contributed by atoms with van der Waals surface area (Å²) in [7, 11) is 2.99. The van der Waals surface area contributed by atoms with Crippen LogP contribution in [0.3, 0.4) is 0 Å². The first-order valence-corrected chi connectivity index (χ1v) is 9.12. The molecule has 0 saturated carbocycles. The van der Waals surface area contributed by atoms with Gasteiger partial charge in [-0.1, -0.05) is 12.1 Å². The number of amides is 3. The molecule has 0 unspecified atom stereocenters. The Kier molecular flexibility index (Phi) is 8.02. The number of hydrogen-bond acceptors (Lipinski definition) is 5. The van der Waals surface area contributed by atoms with Gasteiger partial charge in [0.25, 0.3) is 11.8 Å². The number of ether oxygens (including phenoxy) is 2. The van der Waals surface area contributed by atoms with Crippen LogP contribution in [-0.4, -0.2) is 45.0 Å². The molecule has 0 aliphatic rings. The average Bonchev–Trinajstić information content (AvgIpc) is 2.75. The van der Waals surface area contributed by atoms with Crippen LogP contribution >= 0.6 is 0 Å². The van der Waals surface area contributed by atoms with E-state index in [1.807, 2.05) is 13.0 Å². The number of benzene rings is 2. The summed E-state index contributed by atoms with van der Waals surface area (Å²) in [5.74, 6) is 0.0256. The lowest BCUT2D eigenvalue weighted by Gasteiger charge is -2.10. The Hall–Kier alpha value is -3.55. The van der Waals surface area contributed by atoms with Crippen molar-refractivity contribution >= 4 is 17.7 Å². The van der Waals surface area contributed by atoms with Gasteiger partial charge in [0.1, 0.15) is 0 Å². The van der Waals surface area contributed by atoms with Crippen LogP contribution in [0.4, 0.5) is 0 Å². The van der Waals surface area contributed by atoms with Gasteiger partial charge in [0.05, 0.1) is 20.8 Å². The molecule has 0 aromatic heterocycles. The summed E-state index contributed by atoms with van der Waals surface area (Å²) in [4.78, 5) is 36.2. The molecule has 3 amide bonds. The quantitative estimate of drug-likeness (QED) is 0.593. The highest BCUT2D eigenvalue weighted by Crippen LogP contribution is 2.27. The predicted molar refractivity (Wildman–Crippen MR) is 108 cm³/mol. The zero-order valence-corrected chi connectivity index (χ0v) is 16.7. The molecule has 0 aliphatic heterocycles. The molecule has 0 radical (unpaired) electrons. The lowest BCUT2D eigenvalue weighted by Crippen LogP contribution is -2.36. The van der Waals surface area contributed by atoms with E-state index in [-0.39, 0.29) is 24.9 Å². The van der Waals surface area contributed by atoms with E-state index in [0.717, 1.165) is 5.56 Å². The number of methoxy groups -OCH3 is 2. The minimum Gasteiger partial charge on any atom is -0.493 e. The Bertz CT molecular complexity index is 882. The third-order valence-corrected chi connectivity index (χ3v) is 4.07. The van der Waals surface area contributed by atoms with Gasteiger partial charge in [0.15, 0.2) is 11.5 Å². The van der Waals surface area contributed by atoms with Crippen molar-refractivity contribution < 1.29 is 23.9 Å². The minimum absolute atomic E-state index is 0.164. The van der Waals surface area contributed by atoms with Crippen LogP contribution in [0.15, 0.2) is 42.5 Å². The van der Waals surface area contributed by atoms with Crippen molar-refractivity contribution in [3.05, 3.63) is 59.2 Å². The van der Waals surface area contributed by atoms with Gasteiger partial charge in [-0.3, -0.25) is 14.4 Å². The molecule has 0 heterocycles. The zero-order chi connectivity index (χ0) is 21.2. The standard InChI is InChI=1S/C21H25N3O5/c1-4-22-20(26)15-7-5-6-14(10-15)12-23-19(25)13-24-21(27)16-8-9-17(28-2)18(11-16)29-3/h5-11H,4,12-13H2,1-3H3,(H,22,26)(H,23,25)(H,24,27). The van der Waals surface area contributed by atoms with Crippen molar-refractivity contribution in [3.8, 4) is 11.5 Å². The molecular weight excluding hydrogens is 374 g/mol. The zero-order valence-electron chi connectivity index (χ0n) is 16.7. The maximum atomic E-state index is 12.2. The maximum absolute atomic E-state index is 12.2. The topological polar surface area (TPSA) is 106 Å².